The van der Waals surface area contributed by atoms with Crippen molar-refractivity contribution in [2.45, 2.75) is 25.5 Å². The van der Waals surface area contributed by atoms with E-state index in [0.29, 0.717) is 6.04 Å². The van der Waals surface area contributed by atoms with Crippen LogP contribution in [0.15, 0.2) is 30.3 Å². The zero-order valence-electron chi connectivity index (χ0n) is 12.2. The van der Waals surface area contributed by atoms with E-state index in [2.05, 4.69) is 15.9 Å². The van der Waals surface area contributed by atoms with Gasteiger partial charge in [0.1, 0.15) is 5.82 Å². The summed E-state index contributed by atoms with van der Waals surface area (Å²) in [5, 5.41) is 10.7. The summed E-state index contributed by atoms with van der Waals surface area (Å²) in [6.07, 6.45) is 2.63. The van der Waals surface area contributed by atoms with Gasteiger partial charge in [0.15, 0.2) is 0 Å². The normalized spacial score (nSPS) is 22.7. The van der Waals surface area contributed by atoms with Crippen molar-refractivity contribution in [2.24, 2.45) is 0 Å². The second-order valence-corrected chi connectivity index (χ2v) is 6.09. The standard InChI is InChI=1S/C17H21N3O/c21-12-13-10-17(18-16-6-2-1-5-15(13)16)20-9-8-19-7-3-4-14(19)11-20/h1-2,5-6,10,14,21H,3-4,7-9,11-12H2. The van der Waals surface area contributed by atoms with Gasteiger partial charge in [0.05, 0.1) is 12.1 Å². The molecule has 0 radical (unpaired) electrons. The molecule has 2 aliphatic heterocycles. The minimum absolute atomic E-state index is 0.0689. The third-order valence-corrected chi connectivity index (χ3v) is 4.87. The summed E-state index contributed by atoms with van der Waals surface area (Å²) in [4.78, 5) is 9.81. The van der Waals surface area contributed by atoms with Crippen LogP contribution in [-0.4, -0.2) is 47.2 Å². The summed E-state index contributed by atoms with van der Waals surface area (Å²) in [6, 6.07) is 10.8. The summed E-state index contributed by atoms with van der Waals surface area (Å²) in [7, 11) is 0. The molecule has 2 saturated heterocycles. The van der Waals surface area contributed by atoms with Gasteiger partial charge in [-0.15, -0.1) is 0 Å². The van der Waals surface area contributed by atoms with Crippen LogP contribution in [0.1, 0.15) is 18.4 Å². The van der Waals surface area contributed by atoms with Crippen LogP contribution >= 0.6 is 0 Å². The van der Waals surface area contributed by atoms with Crippen LogP contribution in [-0.2, 0) is 6.61 Å². The van der Waals surface area contributed by atoms with Crippen molar-refractivity contribution in [2.75, 3.05) is 31.1 Å². The minimum Gasteiger partial charge on any atom is -0.392 e. The molecule has 2 fully saturated rings. The molecular formula is C17H21N3O. The van der Waals surface area contributed by atoms with Gasteiger partial charge in [0, 0.05) is 31.1 Å². The maximum absolute atomic E-state index is 9.65. The molecule has 1 N–H and O–H groups in total. The third kappa shape index (κ3) is 2.28. The van der Waals surface area contributed by atoms with E-state index in [4.69, 9.17) is 4.98 Å². The number of benzene rings is 1. The average molecular weight is 283 g/mol. The Kier molecular flexibility index (Phi) is 3.28. The number of aliphatic hydroxyl groups excluding tert-OH is 1. The number of anilines is 1. The lowest BCUT2D eigenvalue weighted by molar-refractivity contribution is 0.230. The number of pyridine rings is 1. The number of aromatic nitrogens is 1. The van der Waals surface area contributed by atoms with Crippen molar-refractivity contribution < 1.29 is 5.11 Å². The lowest BCUT2D eigenvalue weighted by Crippen LogP contribution is -2.50. The van der Waals surface area contributed by atoms with Crippen LogP contribution in [0.4, 0.5) is 5.82 Å². The first-order chi connectivity index (χ1) is 10.3. The zero-order chi connectivity index (χ0) is 14.2. The number of nitrogens with zero attached hydrogens (tertiary/aromatic N) is 3. The lowest BCUT2D eigenvalue weighted by atomic mass is 10.1. The van der Waals surface area contributed by atoms with Crippen LogP contribution in [0.3, 0.4) is 0 Å². The molecule has 1 aromatic heterocycles. The van der Waals surface area contributed by atoms with Crippen molar-refractivity contribution >= 4 is 16.7 Å². The highest BCUT2D eigenvalue weighted by Crippen LogP contribution is 2.27. The van der Waals surface area contributed by atoms with E-state index < -0.39 is 0 Å². The molecule has 0 amide bonds. The molecule has 4 rings (SSSR count). The lowest BCUT2D eigenvalue weighted by Gasteiger charge is -2.38. The minimum atomic E-state index is 0.0689. The Hall–Kier alpha value is -1.65. The van der Waals surface area contributed by atoms with Gasteiger partial charge in [-0.25, -0.2) is 4.98 Å². The van der Waals surface area contributed by atoms with E-state index in [1.807, 2.05) is 24.3 Å². The Morgan fingerprint density at radius 3 is 3.00 bits per heavy atom. The Bertz CT molecular complexity index is 658. The highest BCUT2D eigenvalue weighted by atomic mass is 16.3. The van der Waals surface area contributed by atoms with Gasteiger partial charge < -0.3 is 10.0 Å². The van der Waals surface area contributed by atoms with Crippen LogP contribution < -0.4 is 4.90 Å². The summed E-state index contributed by atoms with van der Waals surface area (Å²) >= 11 is 0. The number of rotatable bonds is 2. The monoisotopic (exact) mass is 283 g/mol. The van der Waals surface area contributed by atoms with Gasteiger partial charge in [-0.05, 0) is 37.1 Å². The number of hydrogen-bond acceptors (Lipinski definition) is 4. The molecule has 1 unspecified atom stereocenters. The first-order valence-corrected chi connectivity index (χ1v) is 7.83. The molecule has 4 nitrogen and oxygen atoms in total. The van der Waals surface area contributed by atoms with Crippen LogP contribution in [0.25, 0.3) is 10.9 Å². The molecule has 2 aromatic rings. The Morgan fingerprint density at radius 1 is 1.19 bits per heavy atom. The topological polar surface area (TPSA) is 39.6 Å². The molecule has 4 heteroatoms. The van der Waals surface area contributed by atoms with Gasteiger partial charge in [0.2, 0.25) is 0 Å². The van der Waals surface area contributed by atoms with E-state index >= 15 is 0 Å². The predicted octanol–water partition coefficient (Wildman–Crippen LogP) is 2.01. The van der Waals surface area contributed by atoms with Crippen molar-refractivity contribution in [1.29, 1.82) is 0 Å². The fraction of sp³-hybridized carbons (Fsp3) is 0.471. The molecule has 3 heterocycles. The van der Waals surface area contributed by atoms with E-state index in [-0.39, 0.29) is 6.61 Å². The SMILES string of the molecule is OCc1cc(N2CCN3CCCC3C2)nc2ccccc12. The molecular weight excluding hydrogens is 262 g/mol. The number of fused-ring (bicyclic) bond motifs is 2. The van der Waals surface area contributed by atoms with E-state index in [1.54, 1.807) is 0 Å². The fourth-order valence-corrected chi connectivity index (χ4v) is 3.72. The van der Waals surface area contributed by atoms with E-state index in [0.717, 1.165) is 41.9 Å². The number of aliphatic hydroxyl groups is 1. The van der Waals surface area contributed by atoms with Gasteiger partial charge in [0.25, 0.3) is 0 Å². The first-order valence-electron chi connectivity index (χ1n) is 7.83. The highest BCUT2D eigenvalue weighted by Gasteiger charge is 2.31. The fourth-order valence-electron chi connectivity index (χ4n) is 3.72. The largest absolute Gasteiger partial charge is 0.392 e. The second-order valence-electron chi connectivity index (χ2n) is 6.09. The van der Waals surface area contributed by atoms with Gasteiger partial charge in [-0.1, -0.05) is 18.2 Å². The summed E-state index contributed by atoms with van der Waals surface area (Å²) in [5.74, 6) is 1.02. The van der Waals surface area contributed by atoms with E-state index in [9.17, 15) is 5.11 Å². The summed E-state index contributed by atoms with van der Waals surface area (Å²) in [5.41, 5.74) is 1.96. The third-order valence-electron chi connectivity index (χ3n) is 4.87. The van der Waals surface area contributed by atoms with E-state index in [1.165, 1.54) is 19.4 Å². The van der Waals surface area contributed by atoms with Crippen molar-refractivity contribution in [3.05, 3.63) is 35.9 Å². The maximum Gasteiger partial charge on any atom is 0.129 e. The van der Waals surface area contributed by atoms with Crippen molar-refractivity contribution in [1.82, 2.24) is 9.88 Å². The van der Waals surface area contributed by atoms with Crippen LogP contribution in [0, 0.1) is 0 Å². The summed E-state index contributed by atoms with van der Waals surface area (Å²) in [6.45, 7) is 4.56. The predicted molar refractivity (Wildman–Crippen MR) is 84.5 cm³/mol. The molecule has 0 aliphatic carbocycles. The molecule has 1 atom stereocenters. The average Bonchev–Trinajstić information content (AvgIpc) is 3.01. The molecule has 0 saturated carbocycles. The highest BCUT2D eigenvalue weighted by molar-refractivity contribution is 5.84. The number of hydrogen-bond donors (Lipinski definition) is 1. The molecule has 21 heavy (non-hydrogen) atoms. The Balaban J connectivity index is 1.70. The van der Waals surface area contributed by atoms with Crippen LogP contribution in [0.5, 0.6) is 0 Å². The molecule has 0 spiro atoms. The number of para-hydroxylation sites is 1. The number of piperazine rings is 1. The maximum atomic E-state index is 9.65. The van der Waals surface area contributed by atoms with Gasteiger partial charge >= 0.3 is 0 Å². The van der Waals surface area contributed by atoms with Crippen molar-refractivity contribution in [3.8, 4) is 0 Å². The van der Waals surface area contributed by atoms with Gasteiger partial charge in [-0.2, -0.15) is 0 Å². The molecule has 2 aliphatic rings. The second kappa shape index (κ2) is 5.28. The molecule has 1 aromatic carbocycles. The Morgan fingerprint density at radius 2 is 2.10 bits per heavy atom. The zero-order valence-corrected chi connectivity index (χ0v) is 12.2. The Labute approximate surface area is 125 Å². The van der Waals surface area contributed by atoms with Crippen molar-refractivity contribution in [3.63, 3.8) is 0 Å². The van der Waals surface area contributed by atoms with Gasteiger partial charge in [-0.3, -0.25) is 4.90 Å². The quantitative estimate of drug-likeness (QED) is 0.915. The molecule has 110 valence electrons. The first kappa shape index (κ1) is 13.0. The smallest absolute Gasteiger partial charge is 0.129 e. The summed E-state index contributed by atoms with van der Waals surface area (Å²) < 4.78 is 0. The van der Waals surface area contributed by atoms with Crippen LogP contribution in [0.2, 0.25) is 0 Å². The molecule has 0 bridgehead atoms.